The lowest BCUT2D eigenvalue weighted by molar-refractivity contribution is -0.157. The maximum Gasteiger partial charge on any atom is 0.384 e. The summed E-state index contributed by atoms with van der Waals surface area (Å²) in [6, 6.07) is 0. The first-order chi connectivity index (χ1) is 10.00. The molecule has 0 aromatic heterocycles. The van der Waals surface area contributed by atoms with E-state index in [0.717, 1.165) is 12.8 Å². The topological polar surface area (TPSA) is 61.8 Å². The molecule has 1 saturated carbocycles. The molecule has 0 amide bonds. The summed E-state index contributed by atoms with van der Waals surface area (Å²) < 4.78 is 16.0. The summed E-state index contributed by atoms with van der Waals surface area (Å²) in [7, 11) is 0. The molecule has 1 aliphatic carbocycles. The Morgan fingerprint density at radius 1 is 1.38 bits per heavy atom. The van der Waals surface area contributed by atoms with Crippen molar-refractivity contribution in [3.63, 3.8) is 0 Å². The highest BCUT2D eigenvalue weighted by Gasteiger charge is 2.54. The Balaban J connectivity index is 1.80. The van der Waals surface area contributed by atoms with Gasteiger partial charge in [0, 0.05) is 24.2 Å². The largest absolute Gasteiger partial charge is 0.456 e. The van der Waals surface area contributed by atoms with E-state index in [0.29, 0.717) is 39.1 Å². The fourth-order valence-electron chi connectivity index (χ4n) is 3.01. The van der Waals surface area contributed by atoms with E-state index in [4.69, 9.17) is 14.2 Å². The third-order valence-electron chi connectivity index (χ3n) is 4.07. The van der Waals surface area contributed by atoms with Crippen molar-refractivity contribution in [1.82, 2.24) is 0 Å². The van der Waals surface area contributed by atoms with E-state index in [1.165, 1.54) is 0 Å². The van der Waals surface area contributed by atoms with Crippen molar-refractivity contribution in [2.24, 2.45) is 5.41 Å². The molecule has 0 radical (unpaired) electrons. The van der Waals surface area contributed by atoms with Crippen LogP contribution in [0, 0.1) is 17.3 Å². The molecule has 5 heteroatoms. The van der Waals surface area contributed by atoms with Crippen molar-refractivity contribution >= 4 is 11.8 Å². The van der Waals surface area contributed by atoms with Gasteiger partial charge >= 0.3 is 5.97 Å². The zero-order valence-corrected chi connectivity index (χ0v) is 12.7. The first kappa shape index (κ1) is 16.0. The Kier molecular flexibility index (Phi) is 5.02. The van der Waals surface area contributed by atoms with Crippen molar-refractivity contribution in [3.05, 3.63) is 0 Å². The van der Waals surface area contributed by atoms with Crippen molar-refractivity contribution < 1.29 is 23.8 Å². The number of ketones is 1. The van der Waals surface area contributed by atoms with Gasteiger partial charge in [-0.3, -0.25) is 4.79 Å². The fourth-order valence-corrected chi connectivity index (χ4v) is 3.01. The summed E-state index contributed by atoms with van der Waals surface area (Å²) in [5.74, 6) is 4.25. The lowest BCUT2D eigenvalue weighted by Crippen LogP contribution is -2.28. The van der Waals surface area contributed by atoms with Crippen LogP contribution in [0.4, 0.5) is 0 Å². The van der Waals surface area contributed by atoms with Crippen LogP contribution in [0.3, 0.4) is 0 Å². The molecule has 5 nitrogen and oxygen atoms in total. The molecule has 1 spiro atoms. The van der Waals surface area contributed by atoms with Crippen molar-refractivity contribution in [2.75, 3.05) is 19.8 Å². The number of hydrogen-bond donors (Lipinski definition) is 0. The molecule has 21 heavy (non-hydrogen) atoms. The van der Waals surface area contributed by atoms with Gasteiger partial charge in [-0.05, 0) is 19.8 Å². The first-order valence-electron chi connectivity index (χ1n) is 7.47. The SMILES string of the molecule is CCOC(=O)C#CCCCC1(C)CC2(CC1=O)OCCO2. The van der Waals surface area contributed by atoms with E-state index < -0.39 is 17.2 Å². The van der Waals surface area contributed by atoms with Crippen LogP contribution in [0.25, 0.3) is 0 Å². The Hall–Kier alpha value is -1.38. The number of carbonyl (C=O) groups excluding carboxylic acids is 2. The molecule has 1 atom stereocenters. The summed E-state index contributed by atoms with van der Waals surface area (Å²) in [6.07, 6.45) is 3.04. The number of unbranched alkanes of at least 4 members (excludes halogenated alkanes) is 1. The van der Waals surface area contributed by atoms with E-state index in [-0.39, 0.29) is 5.78 Å². The van der Waals surface area contributed by atoms with Crippen molar-refractivity contribution in [2.45, 2.75) is 51.7 Å². The van der Waals surface area contributed by atoms with E-state index in [1.54, 1.807) is 6.92 Å². The molecule has 0 aromatic rings. The van der Waals surface area contributed by atoms with Gasteiger partial charge in [-0.15, -0.1) is 0 Å². The molecule has 0 bridgehead atoms. The number of carbonyl (C=O) groups is 2. The minimum absolute atomic E-state index is 0.197. The van der Waals surface area contributed by atoms with E-state index in [9.17, 15) is 9.59 Å². The monoisotopic (exact) mass is 294 g/mol. The number of Topliss-reactive ketones (excluding diaryl/α,β-unsaturated/α-hetero) is 1. The van der Waals surface area contributed by atoms with Crippen LogP contribution in [0.5, 0.6) is 0 Å². The number of esters is 1. The van der Waals surface area contributed by atoms with Crippen LogP contribution in [0.2, 0.25) is 0 Å². The van der Waals surface area contributed by atoms with Gasteiger partial charge in [-0.25, -0.2) is 4.79 Å². The van der Waals surface area contributed by atoms with E-state index in [1.807, 2.05) is 6.92 Å². The molecule has 1 heterocycles. The third kappa shape index (κ3) is 3.84. The molecular formula is C16H22O5. The third-order valence-corrected chi connectivity index (χ3v) is 4.07. The van der Waals surface area contributed by atoms with Crippen LogP contribution < -0.4 is 0 Å². The first-order valence-corrected chi connectivity index (χ1v) is 7.47. The normalized spacial score (nSPS) is 26.7. The number of rotatable bonds is 4. The minimum atomic E-state index is -0.678. The predicted molar refractivity (Wildman–Crippen MR) is 75.2 cm³/mol. The lowest BCUT2D eigenvalue weighted by atomic mass is 9.82. The van der Waals surface area contributed by atoms with Crippen LogP contribution in [0.15, 0.2) is 0 Å². The molecule has 2 aliphatic rings. The molecule has 2 fully saturated rings. The van der Waals surface area contributed by atoms with Crippen LogP contribution in [0.1, 0.15) is 46.0 Å². The van der Waals surface area contributed by atoms with Gasteiger partial charge in [-0.2, -0.15) is 0 Å². The Morgan fingerprint density at radius 3 is 2.76 bits per heavy atom. The highest BCUT2D eigenvalue weighted by molar-refractivity contribution is 5.88. The van der Waals surface area contributed by atoms with Crippen LogP contribution >= 0.6 is 0 Å². The quantitative estimate of drug-likeness (QED) is 0.343. The zero-order valence-electron chi connectivity index (χ0n) is 12.7. The second kappa shape index (κ2) is 6.59. The second-order valence-electron chi connectivity index (χ2n) is 5.82. The smallest absolute Gasteiger partial charge is 0.384 e. The van der Waals surface area contributed by atoms with Gasteiger partial charge in [0.25, 0.3) is 0 Å². The molecule has 116 valence electrons. The predicted octanol–water partition coefficient (Wildman–Crippen LogP) is 1.84. The van der Waals surface area contributed by atoms with E-state index >= 15 is 0 Å². The number of hydrogen-bond acceptors (Lipinski definition) is 5. The van der Waals surface area contributed by atoms with E-state index in [2.05, 4.69) is 11.8 Å². The van der Waals surface area contributed by atoms with Gasteiger partial charge in [0.05, 0.1) is 26.2 Å². The van der Waals surface area contributed by atoms with Gasteiger partial charge in [-0.1, -0.05) is 12.8 Å². The summed E-state index contributed by atoms with van der Waals surface area (Å²) in [5.41, 5.74) is -0.407. The molecular weight excluding hydrogens is 272 g/mol. The average molecular weight is 294 g/mol. The lowest BCUT2D eigenvalue weighted by Gasteiger charge is -2.25. The fraction of sp³-hybridized carbons (Fsp3) is 0.750. The summed E-state index contributed by atoms with van der Waals surface area (Å²) in [4.78, 5) is 23.3. The number of ether oxygens (including phenoxy) is 3. The summed E-state index contributed by atoms with van der Waals surface area (Å²) in [6.45, 7) is 5.17. The molecule has 1 unspecified atom stereocenters. The zero-order chi connectivity index (χ0) is 15.3. The summed E-state index contributed by atoms with van der Waals surface area (Å²) in [5, 5.41) is 0. The Bertz CT molecular complexity index is 467. The summed E-state index contributed by atoms with van der Waals surface area (Å²) >= 11 is 0. The Morgan fingerprint density at radius 2 is 2.10 bits per heavy atom. The van der Waals surface area contributed by atoms with Gasteiger partial charge in [0.15, 0.2) is 5.79 Å². The maximum absolute atomic E-state index is 12.2. The highest BCUT2D eigenvalue weighted by atomic mass is 16.7. The second-order valence-corrected chi connectivity index (χ2v) is 5.82. The highest BCUT2D eigenvalue weighted by Crippen LogP contribution is 2.48. The van der Waals surface area contributed by atoms with Crippen molar-refractivity contribution in [1.29, 1.82) is 0 Å². The van der Waals surface area contributed by atoms with Crippen LogP contribution in [-0.2, 0) is 23.8 Å². The molecule has 0 N–H and O–H groups in total. The molecule has 1 saturated heterocycles. The standard InChI is InChI=1S/C16H22O5/c1-3-19-14(18)7-5-4-6-8-15(2)12-16(11-13(15)17)20-9-10-21-16/h3-4,6,8-12H2,1-2H3. The molecule has 0 aromatic carbocycles. The average Bonchev–Trinajstić information content (AvgIpc) is 2.95. The molecule has 1 aliphatic heterocycles. The Labute approximate surface area is 125 Å². The van der Waals surface area contributed by atoms with Gasteiger partial charge in [0.1, 0.15) is 5.78 Å². The van der Waals surface area contributed by atoms with Crippen molar-refractivity contribution in [3.8, 4) is 11.8 Å². The van der Waals surface area contributed by atoms with Crippen LogP contribution in [-0.4, -0.2) is 37.4 Å². The molecule has 2 rings (SSSR count). The van der Waals surface area contributed by atoms with Gasteiger partial charge < -0.3 is 14.2 Å². The van der Waals surface area contributed by atoms with Gasteiger partial charge in [0.2, 0.25) is 0 Å². The minimum Gasteiger partial charge on any atom is -0.456 e. The maximum atomic E-state index is 12.2.